The summed E-state index contributed by atoms with van der Waals surface area (Å²) in [6, 6.07) is 17.8. The summed E-state index contributed by atoms with van der Waals surface area (Å²) in [7, 11) is -4.07. The molecule has 3 N–H and O–H groups in total. The standard InChI is InChI=1S/C23H23N3O6S/c27-15-19-9-8-18(14-25-19)23(29)26-33(30,31)21-10-6-17(7-11-21)12-13-24-22(28)16-32-20-4-2-1-3-5-20/h1-11,14,27H,12-13,15-16H2,(H,24,28)(H,26,29). The van der Waals surface area contributed by atoms with Crippen LogP contribution in [-0.2, 0) is 27.8 Å². The molecule has 0 unspecified atom stereocenters. The van der Waals surface area contributed by atoms with Crippen LogP contribution in [0.4, 0.5) is 0 Å². The van der Waals surface area contributed by atoms with Crippen LogP contribution in [0, 0.1) is 0 Å². The second-order valence-electron chi connectivity index (χ2n) is 6.98. The summed E-state index contributed by atoms with van der Waals surface area (Å²) in [5.41, 5.74) is 1.23. The van der Waals surface area contributed by atoms with Gasteiger partial charge in [-0.15, -0.1) is 0 Å². The zero-order chi connectivity index (χ0) is 23.7. The highest BCUT2D eigenvalue weighted by molar-refractivity contribution is 7.90. The highest BCUT2D eigenvalue weighted by Crippen LogP contribution is 2.12. The number of carbonyl (C=O) groups is 2. The molecule has 172 valence electrons. The second-order valence-corrected chi connectivity index (χ2v) is 8.66. The van der Waals surface area contributed by atoms with Gasteiger partial charge in [-0.2, -0.15) is 0 Å². The smallest absolute Gasteiger partial charge is 0.266 e. The number of aromatic nitrogens is 1. The lowest BCUT2D eigenvalue weighted by molar-refractivity contribution is -0.123. The van der Waals surface area contributed by atoms with Crippen molar-refractivity contribution in [2.45, 2.75) is 17.9 Å². The van der Waals surface area contributed by atoms with Crippen molar-refractivity contribution >= 4 is 21.8 Å². The number of benzene rings is 2. The number of hydrogen-bond acceptors (Lipinski definition) is 7. The maximum Gasteiger partial charge on any atom is 0.266 e. The van der Waals surface area contributed by atoms with E-state index in [1.807, 2.05) is 22.9 Å². The highest BCUT2D eigenvalue weighted by Gasteiger charge is 2.19. The maximum atomic E-state index is 12.5. The Balaban J connectivity index is 1.48. The summed E-state index contributed by atoms with van der Waals surface area (Å²) in [5.74, 6) is -0.478. The molecule has 1 aromatic heterocycles. The van der Waals surface area contributed by atoms with Crippen molar-refractivity contribution in [3.05, 3.63) is 89.7 Å². The number of sulfonamides is 1. The Morgan fingerprint density at radius 2 is 1.70 bits per heavy atom. The molecule has 0 fully saturated rings. The molecule has 2 amide bonds. The van der Waals surface area contributed by atoms with Crippen LogP contribution in [-0.4, -0.2) is 43.5 Å². The predicted molar refractivity (Wildman–Crippen MR) is 120 cm³/mol. The number of aliphatic hydroxyl groups excluding tert-OH is 1. The van der Waals surface area contributed by atoms with Gasteiger partial charge >= 0.3 is 0 Å². The molecule has 0 atom stereocenters. The quantitative estimate of drug-likeness (QED) is 0.409. The summed E-state index contributed by atoms with van der Waals surface area (Å²) in [6.07, 6.45) is 1.69. The number of hydrogen-bond donors (Lipinski definition) is 3. The van der Waals surface area contributed by atoms with Crippen LogP contribution < -0.4 is 14.8 Å². The van der Waals surface area contributed by atoms with Gasteiger partial charge in [-0.3, -0.25) is 14.6 Å². The van der Waals surface area contributed by atoms with Gasteiger partial charge in [-0.05, 0) is 48.4 Å². The number of ether oxygens (including phenoxy) is 1. The molecule has 9 nitrogen and oxygen atoms in total. The van der Waals surface area contributed by atoms with Gasteiger partial charge in [-0.25, -0.2) is 13.1 Å². The van der Waals surface area contributed by atoms with E-state index in [0.717, 1.165) is 5.56 Å². The SMILES string of the molecule is O=C(COc1ccccc1)NCCc1ccc(S(=O)(=O)NC(=O)c2ccc(CO)nc2)cc1. The molecule has 10 heteroatoms. The van der Waals surface area contributed by atoms with Crippen LogP contribution in [0.1, 0.15) is 21.6 Å². The molecular formula is C23H23N3O6S. The molecule has 0 saturated heterocycles. The van der Waals surface area contributed by atoms with Crippen LogP contribution in [0.5, 0.6) is 5.75 Å². The number of amides is 2. The first-order valence-corrected chi connectivity index (χ1v) is 11.5. The summed E-state index contributed by atoms with van der Waals surface area (Å²) in [4.78, 5) is 27.9. The fourth-order valence-electron chi connectivity index (χ4n) is 2.79. The van der Waals surface area contributed by atoms with Crippen molar-refractivity contribution in [3.8, 4) is 5.75 Å². The number of para-hydroxylation sites is 1. The van der Waals surface area contributed by atoms with Crippen molar-refractivity contribution in [3.63, 3.8) is 0 Å². The monoisotopic (exact) mass is 469 g/mol. The van der Waals surface area contributed by atoms with Gasteiger partial charge in [0.05, 0.1) is 22.8 Å². The minimum absolute atomic E-state index is 0.0550. The number of carbonyl (C=O) groups excluding carboxylic acids is 2. The van der Waals surface area contributed by atoms with Gasteiger partial charge in [-0.1, -0.05) is 30.3 Å². The Labute approximate surface area is 191 Å². The predicted octanol–water partition coefficient (Wildman–Crippen LogP) is 1.43. The minimum Gasteiger partial charge on any atom is -0.484 e. The Kier molecular flexibility index (Phi) is 8.11. The van der Waals surface area contributed by atoms with Gasteiger partial charge in [0, 0.05) is 12.7 Å². The van der Waals surface area contributed by atoms with E-state index in [4.69, 9.17) is 9.84 Å². The average molecular weight is 470 g/mol. The van der Waals surface area contributed by atoms with Gasteiger partial charge in [0.25, 0.3) is 21.8 Å². The summed E-state index contributed by atoms with van der Waals surface area (Å²) in [5, 5.41) is 11.7. The Morgan fingerprint density at radius 3 is 2.33 bits per heavy atom. The highest BCUT2D eigenvalue weighted by atomic mass is 32.2. The fourth-order valence-corrected chi connectivity index (χ4v) is 3.76. The molecule has 3 rings (SSSR count). The van der Waals surface area contributed by atoms with Gasteiger partial charge in [0.2, 0.25) is 0 Å². The van der Waals surface area contributed by atoms with E-state index >= 15 is 0 Å². The Morgan fingerprint density at radius 1 is 0.970 bits per heavy atom. The van der Waals surface area contributed by atoms with Gasteiger partial charge < -0.3 is 15.2 Å². The van der Waals surface area contributed by atoms with Crippen LogP contribution in [0.2, 0.25) is 0 Å². The van der Waals surface area contributed by atoms with Crippen molar-refractivity contribution in [2.24, 2.45) is 0 Å². The topological polar surface area (TPSA) is 135 Å². The van der Waals surface area contributed by atoms with Crippen molar-refractivity contribution in [2.75, 3.05) is 13.2 Å². The molecular weight excluding hydrogens is 446 g/mol. The lowest BCUT2D eigenvalue weighted by Crippen LogP contribution is -2.31. The maximum absolute atomic E-state index is 12.5. The molecule has 0 aliphatic rings. The first-order valence-electron chi connectivity index (χ1n) is 10.0. The van der Waals surface area contributed by atoms with E-state index < -0.39 is 15.9 Å². The van der Waals surface area contributed by atoms with Crippen molar-refractivity contribution < 1.29 is 27.9 Å². The Bertz CT molecular complexity index is 1180. The summed E-state index contributed by atoms with van der Waals surface area (Å²) >= 11 is 0. The van der Waals surface area contributed by atoms with Gasteiger partial charge in [0.1, 0.15) is 5.75 Å². The van der Waals surface area contributed by atoms with Crippen molar-refractivity contribution in [1.29, 1.82) is 0 Å². The van der Waals surface area contributed by atoms with E-state index in [1.54, 1.807) is 24.3 Å². The van der Waals surface area contributed by atoms with E-state index in [1.165, 1.54) is 30.5 Å². The third-order valence-electron chi connectivity index (χ3n) is 4.56. The Hall–Kier alpha value is -3.76. The number of nitrogens with zero attached hydrogens (tertiary/aromatic N) is 1. The number of aliphatic hydroxyl groups is 1. The molecule has 0 spiro atoms. The largest absolute Gasteiger partial charge is 0.484 e. The number of nitrogens with one attached hydrogen (secondary N) is 2. The molecule has 33 heavy (non-hydrogen) atoms. The molecule has 0 radical (unpaired) electrons. The molecule has 3 aromatic rings. The normalized spacial score (nSPS) is 10.9. The molecule has 0 aliphatic heterocycles. The lowest BCUT2D eigenvalue weighted by Gasteiger charge is -2.09. The zero-order valence-electron chi connectivity index (χ0n) is 17.6. The average Bonchev–Trinajstić information content (AvgIpc) is 2.83. The van der Waals surface area contributed by atoms with Gasteiger partial charge in [0.15, 0.2) is 6.61 Å². The lowest BCUT2D eigenvalue weighted by atomic mass is 10.1. The molecule has 0 saturated carbocycles. The summed E-state index contributed by atoms with van der Waals surface area (Å²) in [6.45, 7) is -0.0204. The van der Waals surface area contributed by atoms with E-state index in [-0.39, 0.29) is 29.6 Å². The van der Waals surface area contributed by atoms with E-state index in [2.05, 4.69) is 10.3 Å². The van der Waals surface area contributed by atoms with Crippen LogP contribution in [0.3, 0.4) is 0 Å². The first-order chi connectivity index (χ1) is 15.9. The van der Waals surface area contributed by atoms with Crippen LogP contribution >= 0.6 is 0 Å². The minimum atomic E-state index is -4.07. The van der Waals surface area contributed by atoms with E-state index in [9.17, 15) is 18.0 Å². The van der Waals surface area contributed by atoms with Crippen molar-refractivity contribution in [1.82, 2.24) is 15.0 Å². The number of pyridine rings is 1. The molecule has 0 bridgehead atoms. The third-order valence-corrected chi connectivity index (χ3v) is 5.91. The molecule has 1 heterocycles. The van der Waals surface area contributed by atoms with E-state index in [0.29, 0.717) is 24.4 Å². The first kappa shape index (κ1) is 23.9. The second kappa shape index (κ2) is 11.2. The molecule has 2 aromatic carbocycles. The third kappa shape index (κ3) is 7.13. The molecule has 0 aliphatic carbocycles. The zero-order valence-corrected chi connectivity index (χ0v) is 18.4. The number of rotatable bonds is 10. The van der Waals surface area contributed by atoms with Crippen LogP contribution in [0.25, 0.3) is 0 Å². The fraction of sp³-hybridized carbons (Fsp3) is 0.174. The summed E-state index contributed by atoms with van der Waals surface area (Å²) < 4.78 is 32.3. The van der Waals surface area contributed by atoms with Crippen LogP contribution in [0.15, 0.2) is 77.8 Å².